The molecule has 1 aromatic rings. The molecule has 0 amide bonds. The lowest BCUT2D eigenvalue weighted by molar-refractivity contribution is 0.232. The van der Waals surface area contributed by atoms with Gasteiger partial charge in [-0.2, -0.15) is 0 Å². The summed E-state index contributed by atoms with van der Waals surface area (Å²) in [6, 6.07) is 5.49. The molecule has 3 rings (SSSR count). The molecule has 1 saturated heterocycles. The van der Waals surface area contributed by atoms with Crippen molar-refractivity contribution < 1.29 is 4.42 Å². The molecule has 1 saturated carbocycles. The van der Waals surface area contributed by atoms with E-state index in [2.05, 4.69) is 29.4 Å². The molecule has 0 radical (unpaired) electrons. The maximum atomic E-state index is 5.82. The van der Waals surface area contributed by atoms with Crippen LogP contribution in [-0.2, 0) is 0 Å². The minimum absolute atomic E-state index is 0.468. The third-order valence-corrected chi connectivity index (χ3v) is 4.07. The van der Waals surface area contributed by atoms with Crippen LogP contribution in [0.3, 0.4) is 0 Å². The van der Waals surface area contributed by atoms with Crippen molar-refractivity contribution in [2.45, 2.75) is 38.3 Å². The summed E-state index contributed by atoms with van der Waals surface area (Å²) < 4.78 is 5.82. The molecule has 0 bridgehead atoms. The first-order valence-corrected chi connectivity index (χ1v) is 6.74. The second-order valence-corrected chi connectivity index (χ2v) is 5.61. The molecular weight excluding hydrogens is 212 g/mol. The number of furan rings is 1. The van der Waals surface area contributed by atoms with Gasteiger partial charge in [-0.3, -0.25) is 4.90 Å². The summed E-state index contributed by atoms with van der Waals surface area (Å²) in [5.74, 6) is 2.87. The minimum atomic E-state index is 0.468. The third kappa shape index (κ3) is 2.40. The number of nitrogens with one attached hydrogen (secondary N) is 1. The van der Waals surface area contributed by atoms with Crippen molar-refractivity contribution in [1.82, 2.24) is 10.2 Å². The Kier molecular flexibility index (Phi) is 2.97. The standard InChI is InChI=1S/C14H22N2O/c1-10-3-6-13(17-10)14-11(7-8-16(14)2)9-15-12-4-5-12/h3,6,11-12,14-15H,4-5,7-9H2,1-2H3. The van der Waals surface area contributed by atoms with E-state index in [9.17, 15) is 0 Å². The zero-order valence-corrected chi connectivity index (χ0v) is 10.8. The maximum absolute atomic E-state index is 5.82. The van der Waals surface area contributed by atoms with Crippen LogP contribution in [0, 0.1) is 12.8 Å². The average molecular weight is 234 g/mol. The summed E-state index contributed by atoms with van der Waals surface area (Å²) in [7, 11) is 2.21. The molecule has 1 aliphatic heterocycles. The molecule has 3 heteroatoms. The first-order chi connectivity index (χ1) is 8.24. The number of aryl methyl sites for hydroxylation is 1. The quantitative estimate of drug-likeness (QED) is 0.866. The summed E-state index contributed by atoms with van der Waals surface area (Å²) in [6.07, 6.45) is 4.01. The lowest BCUT2D eigenvalue weighted by Gasteiger charge is -2.23. The van der Waals surface area contributed by atoms with Crippen molar-refractivity contribution >= 4 is 0 Å². The molecule has 0 spiro atoms. The van der Waals surface area contributed by atoms with Crippen molar-refractivity contribution in [1.29, 1.82) is 0 Å². The van der Waals surface area contributed by atoms with Crippen molar-refractivity contribution in [2.24, 2.45) is 5.92 Å². The molecule has 17 heavy (non-hydrogen) atoms. The zero-order valence-electron chi connectivity index (χ0n) is 10.8. The lowest BCUT2D eigenvalue weighted by Crippen LogP contribution is -2.29. The monoisotopic (exact) mass is 234 g/mol. The zero-order chi connectivity index (χ0) is 11.8. The van der Waals surface area contributed by atoms with E-state index >= 15 is 0 Å². The summed E-state index contributed by atoms with van der Waals surface area (Å²) in [5, 5.41) is 3.66. The fourth-order valence-electron chi connectivity index (χ4n) is 2.91. The van der Waals surface area contributed by atoms with E-state index in [1.54, 1.807) is 0 Å². The van der Waals surface area contributed by atoms with Crippen molar-refractivity contribution in [2.75, 3.05) is 20.1 Å². The predicted octanol–water partition coefficient (Wildman–Crippen LogP) is 2.33. The van der Waals surface area contributed by atoms with Crippen LogP contribution < -0.4 is 5.32 Å². The number of hydrogen-bond acceptors (Lipinski definition) is 3. The Balaban J connectivity index is 1.69. The van der Waals surface area contributed by atoms with Gasteiger partial charge in [-0.1, -0.05) is 0 Å². The van der Waals surface area contributed by atoms with Gasteiger partial charge in [0.2, 0.25) is 0 Å². The van der Waals surface area contributed by atoms with E-state index in [1.165, 1.54) is 25.8 Å². The molecule has 2 aliphatic rings. The highest BCUT2D eigenvalue weighted by Gasteiger charge is 2.35. The van der Waals surface area contributed by atoms with Crippen molar-refractivity contribution in [3.63, 3.8) is 0 Å². The summed E-state index contributed by atoms with van der Waals surface area (Å²) in [4.78, 5) is 2.43. The smallest absolute Gasteiger partial charge is 0.121 e. The number of hydrogen-bond donors (Lipinski definition) is 1. The van der Waals surface area contributed by atoms with Crippen LogP contribution in [0.5, 0.6) is 0 Å². The number of rotatable bonds is 4. The largest absolute Gasteiger partial charge is 0.465 e. The molecule has 2 heterocycles. The van der Waals surface area contributed by atoms with E-state index in [1.807, 2.05) is 6.92 Å². The lowest BCUT2D eigenvalue weighted by atomic mass is 9.98. The highest BCUT2D eigenvalue weighted by molar-refractivity contribution is 5.13. The summed E-state index contributed by atoms with van der Waals surface area (Å²) in [5.41, 5.74) is 0. The van der Waals surface area contributed by atoms with E-state index in [0.717, 1.165) is 24.1 Å². The van der Waals surface area contributed by atoms with Crippen LogP contribution in [0.1, 0.15) is 36.8 Å². The normalized spacial score (nSPS) is 30.0. The van der Waals surface area contributed by atoms with Gasteiger partial charge in [-0.05, 0) is 57.8 Å². The fraction of sp³-hybridized carbons (Fsp3) is 0.714. The number of nitrogens with zero attached hydrogens (tertiary/aromatic N) is 1. The van der Waals surface area contributed by atoms with Crippen LogP contribution in [0.4, 0.5) is 0 Å². The Hall–Kier alpha value is -0.800. The first kappa shape index (κ1) is 11.3. The minimum Gasteiger partial charge on any atom is -0.465 e. The van der Waals surface area contributed by atoms with Gasteiger partial charge >= 0.3 is 0 Å². The molecule has 1 aromatic heterocycles. The van der Waals surface area contributed by atoms with Gasteiger partial charge < -0.3 is 9.73 Å². The highest BCUT2D eigenvalue weighted by atomic mass is 16.3. The molecule has 1 aliphatic carbocycles. The van der Waals surface area contributed by atoms with Gasteiger partial charge in [0.1, 0.15) is 11.5 Å². The average Bonchev–Trinajstić information content (AvgIpc) is 2.93. The molecule has 1 N–H and O–H groups in total. The van der Waals surface area contributed by atoms with Crippen LogP contribution >= 0.6 is 0 Å². The summed E-state index contributed by atoms with van der Waals surface area (Å²) in [6.45, 7) is 4.34. The van der Waals surface area contributed by atoms with Gasteiger partial charge in [0, 0.05) is 12.6 Å². The Morgan fingerprint density at radius 1 is 1.35 bits per heavy atom. The molecule has 2 unspecified atom stereocenters. The van der Waals surface area contributed by atoms with Crippen molar-refractivity contribution in [3.8, 4) is 0 Å². The van der Waals surface area contributed by atoms with Crippen LogP contribution in [0.25, 0.3) is 0 Å². The molecule has 0 aromatic carbocycles. The van der Waals surface area contributed by atoms with Crippen LogP contribution in [0.15, 0.2) is 16.5 Å². The summed E-state index contributed by atoms with van der Waals surface area (Å²) >= 11 is 0. The molecule has 3 nitrogen and oxygen atoms in total. The Morgan fingerprint density at radius 2 is 2.18 bits per heavy atom. The first-order valence-electron chi connectivity index (χ1n) is 6.74. The van der Waals surface area contributed by atoms with Gasteiger partial charge in [-0.15, -0.1) is 0 Å². The van der Waals surface area contributed by atoms with Gasteiger partial charge in [0.05, 0.1) is 6.04 Å². The Labute approximate surface area is 103 Å². The second-order valence-electron chi connectivity index (χ2n) is 5.61. The van der Waals surface area contributed by atoms with Gasteiger partial charge in [0.25, 0.3) is 0 Å². The van der Waals surface area contributed by atoms with E-state index in [4.69, 9.17) is 4.42 Å². The number of likely N-dealkylation sites (tertiary alicyclic amines) is 1. The van der Waals surface area contributed by atoms with E-state index < -0.39 is 0 Å². The maximum Gasteiger partial charge on any atom is 0.121 e. The van der Waals surface area contributed by atoms with Gasteiger partial charge in [-0.25, -0.2) is 0 Å². The molecule has 2 fully saturated rings. The Morgan fingerprint density at radius 3 is 2.82 bits per heavy atom. The molecular formula is C14H22N2O. The van der Waals surface area contributed by atoms with Crippen LogP contribution in [0.2, 0.25) is 0 Å². The topological polar surface area (TPSA) is 28.4 Å². The highest BCUT2D eigenvalue weighted by Crippen LogP contribution is 2.36. The second kappa shape index (κ2) is 4.46. The van der Waals surface area contributed by atoms with Crippen LogP contribution in [-0.4, -0.2) is 31.1 Å². The van der Waals surface area contributed by atoms with E-state index in [-0.39, 0.29) is 0 Å². The van der Waals surface area contributed by atoms with Gasteiger partial charge in [0.15, 0.2) is 0 Å². The molecule has 94 valence electrons. The van der Waals surface area contributed by atoms with Crippen molar-refractivity contribution in [3.05, 3.63) is 23.7 Å². The fourth-order valence-corrected chi connectivity index (χ4v) is 2.91. The Bertz CT molecular complexity index is 383. The molecule has 2 atom stereocenters. The predicted molar refractivity (Wildman–Crippen MR) is 67.9 cm³/mol. The third-order valence-electron chi connectivity index (χ3n) is 4.07. The van der Waals surface area contributed by atoms with E-state index in [0.29, 0.717) is 12.0 Å². The SMILES string of the molecule is Cc1ccc(C2C(CNC3CC3)CCN2C)o1.